The zero-order chi connectivity index (χ0) is 22.7. The van der Waals surface area contributed by atoms with Crippen molar-refractivity contribution >= 4 is 40.3 Å². The van der Waals surface area contributed by atoms with E-state index in [0.29, 0.717) is 21.9 Å². The molecule has 4 rings (SSSR count). The number of halogens is 1. The number of alkyl halides is 1. The molecule has 3 saturated carbocycles. The van der Waals surface area contributed by atoms with Crippen molar-refractivity contribution in [3.8, 4) is 0 Å². The van der Waals surface area contributed by atoms with Gasteiger partial charge in [-0.15, -0.1) is 0 Å². The van der Waals surface area contributed by atoms with Gasteiger partial charge < -0.3 is 10.7 Å². The van der Waals surface area contributed by atoms with E-state index in [0.717, 1.165) is 42.2 Å². The van der Waals surface area contributed by atoms with Crippen molar-refractivity contribution in [1.82, 2.24) is 4.98 Å². The third kappa shape index (κ3) is 5.07. The largest absolute Gasteiger partial charge is 0.376 e. The van der Waals surface area contributed by atoms with Crippen LogP contribution in [0.3, 0.4) is 0 Å². The van der Waals surface area contributed by atoms with Crippen LogP contribution in [0.2, 0.25) is 0 Å². The molecule has 32 heavy (non-hydrogen) atoms. The SMILES string of the molecule is CC1CCC2C(CCC3(C)C(I)CCC3C(=O)CNc3cccnc3C=N)CCCC2C1. The second-order valence-electron chi connectivity index (χ2n) is 11.1. The van der Waals surface area contributed by atoms with Gasteiger partial charge in [0.25, 0.3) is 0 Å². The number of rotatable bonds is 8. The van der Waals surface area contributed by atoms with E-state index >= 15 is 0 Å². The molecule has 3 aliphatic rings. The number of anilines is 1. The lowest BCUT2D eigenvalue weighted by molar-refractivity contribution is -0.124. The minimum atomic E-state index is 0.105. The molecule has 4 nitrogen and oxygen atoms in total. The van der Waals surface area contributed by atoms with Gasteiger partial charge in [0, 0.05) is 22.3 Å². The predicted octanol–water partition coefficient (Wildman–Crippen LogP) is 6.91. The van der Waals surface area contributed by atoms with Crippen LogP contribution in [-0.2, 0) is 4.79 Å². The van der Waals surface area contributed by atoms with Crippen LogP contribution < -0.4 is 5.32 Å². The molecule has 3 fully saturated rings. The lowest BCUT2D eigenvalue weighted by Crippen LogP contribution is -2.38. The third-order valence-electron chi connectivity index (χ3n) is 9.15. The number of fused-ring (bicyclic) bond motifs is 1. The molecule has 1 aromatic heterocycles. The molecule has 7 atom stereocenters. The van der Waals surface area contributed by atoms with Crippen LogP contribution in [0.5, 0.6) is 0 Å². The lowest BCUT2D eigenvalue weighted by atomic mass is 9.61. The summed E-state index contributed by atoms with van der Waals surface area (Å²) in [5.74, 6) is 4.18. The number of aromatic nitrogens is 1. The Labute approximate surface area is 207 Å². The van der Waals surface area contributed by atoms with E-state index < -0.39 is 0 Å². The Morgan fingerprint density at radius 2 is 2.12 bits per heavy atom. The van der Waals surface area contributed by atoms with Crippen molar-refractivity contribution in [3.05, 3.63) is 24.0 Å². The van der Waals surface area contributed by atoms with Gasteiger partial charge in [-0.25, -0.2) is 0 Å². The van der Waals surface area contributed by atoms with E-state index in [1.54, 1.807) is 6.20 Å². The molecule has 176 valence electrons. The minimum absolute atomic E-state index is 0.105. The lowest BCUT2D eigenvalue weighted by Gasteiger charge is -2.45. The number of nitrogens with one attached hydrogen (secondary N) is 2. The highest BCUT2D eigenvalue weighted by Gasteiger charge is 2.49. The van der Waals surface area contributed by atoms with Crippen molar-refractivity contribution in [3.63, 3.8) is 0 Å². The summed E-state index contributed by atoms with van der Waals surface area (Å²) < 4.78 is 0.579. The Morgan fingerprint density at radius 1 is 1.28 bits per heavy atom. The van der Waals surface area contributed by atoms with Gasteiger partial charge >= 0.3 is 0 Å². The summed E-state index contributed by atoms with van der Waals surface area (Å²) in [6, 6.07) is 3.75. The molecule has 0 radical (unpaired) electrons. The Morgan fingerprint density at radius 3 is 2.94 bits per heavy atom. The molecule has 1 heterocycles. The van der Waals surface area contributed by atoms with Gasteiger partial charge in [-0.1, -0.05) is 62.1 Å². The average molecular weight is 550 g/mol. The van der Waals surface area contributed by atoms with Crippen molar-refractivity contribution in [2.75, 3.05) is 11.9 Å². The number of hydrogen-bond donors (Lipinski definition) is 2. The van der Waals surface area contributed by atoms with Gasteiger partial charge in [0.2, 0.25) is 0 Å². The van der Waals surface area contributed by atoms with Gasteiger partial charge in [0.1, 0.15) is 5.69 Å². The Bertz CT molecular complexity index is 814. The van der Waals surface area contributed by atoms with Crippen LogP contribution >= 0.6 is 22.6 Å². The predicted molar refractivity (Wildman–Crippen MR) is 141 cm³/mol. The number of Topliss-reactive ketones (excluding diaryl/α,β-unsaturated/α-hetero) is 1. The van der Waals surface area contributed by atoms with Gasteiger partial charge in [-0.3, -0.25) is 9.78 Å². The van der Waals surface area contributed by atoms with E-state index in [9.17, 15) is 4.79 Å². The van der Waals surface area contributed by atoms with Gasteiger partial charge in [-0.05, 0) is 79.7 Å². The summed E-state index contributed by atoms with van der Waals surface area (Å²) in [7, 11) is 0. The van der Waals surface area contributed by atoms with Gasteiger partial charge in [0.15, 0.2) is 5.78 Å². The molecule has 3 aliphatic carbocycles. The number of carbonyl (C=O) groups is 1. The summed E-state index contributed by atoms with van der Waals surface area (Å²) in [6.07, 6.45) is 16.2. The fourth-order valence-corrected chi connectivity index (χ4v) is 8.33. The molecule has 0 saturated heterocycles. The second kappa shape index (κ2) is 10.5. The molecule has 0 aromatic carbocycles. The highest BCUT2D eigenvalue weighted by molar-refractivity contribution is 14.1. The first kappa shape index (κ1) is 24.2. The first-order chi connectivity index (χ1) is 15.4. The topological polar surface area (TPSA) is 65.8 Å². The number of pyridine rings is 1. The average Bonchev–Trinajstić information content (AvgIpc) is 3.10. The van der Waals surface area contributed by atoms with E-state index in [1.807, 2.05) is 12.1 Å². The molecular formula is C27H40IN3O. The summed E-state index contributed by atoms with van der Waals surface area (Å²) in [4.78, 5) is 17.6. The Balaban J connectivity index is 1.38. The molecule has 5 heteroatoms. The van der Waals surface area contributed by atoms with E-state index in [2.05, 4.69) is 46.7 Å². The Hall–Kier alpha value is -0.980. The van der Waals surface area contributed by atoms with Crippen LogP contribution in [0.15, 0.2) is 18.3 Å². The number of nitrogens with zero attached hydrogens (tertiary/aromatic N) is 1. The molecule has 2 N–H and O–H groups in total. The quantitative estimate of drug-likeness (QED) is 0.210. The van der Waals surface area contributed by atoms with Crippen molar-refractivity contribution in [2.45, 2.75) is 82.0 Å². The second-order valence-corrected chi connectivity index (χ2v) is 12.6. The molecule has 0 spiro atoms. The maximum Gasteiger partial charge on any atom is 0.155 e. The maximum atomic E-state index is 13.4. The van der Waals surface area contributed by atoms with Crippen LogP contribution in [-0.4, -0.2) is 27.5 Å². The Kier molecular flexibility index (Phi) is 7.94. The summed E-state index contributed by atoms with van der Waals surface area (Å²) in [5, 5.41) is 10.8. The van der Waals surface area contributed by atoms with Crippen molar-refractivity contribution in [1.29, 1.82) is 5.41 Å². The molecular weight excluding hydrogens is 509 g/mol. The summed E-state index contributed by atoms with van der Waals surface area (Å²) >= 11 is 2.63. The van der Waals surface area contributed by atoms with E-state index in [4.69, 9.17) is 5.41 Å². The van der Waals surface area contributed by atoms with Crippen molar-refractivity contribution < 1.29 is 4.79 Å². The van der Waals surface area contributed by atoms with Crippen LogP contribution in [0.4, 0.5) is 5.69 Å². The first-order valence-corrected chi connectivity index (χ1v) is 14.0. The van der Waals surface area contributed by atoms with E-state index in [1.165, 1.54) is 57.6 Å². The highest BCUT2D eigenvalue weighted by atomic mass is 127. The zero-order valence-electron chi connectivity index (χ0n) is 19.8. The first-order valence-electron chi connectivity index (χ1n) is 12.8. The third-order valence-corrected chi connectivity index (χ3v) is 11.2. The summed E-state index contributed by atoms with van der Waals surface area (Å²) in [6.45, 7) is 5.18. The monoisotopic (exact) mass is 549 g/mol. The number of hydrogen-bond acceptors (Lipinski definition) is 4. The smallest absolute Gasteiger partial charge is 0.155 e. The van der Waals surface area contributed by atoms with Gasteiger partial charge in [-0.2, -0.15) is 0 Å². The normalized spacial score (nSPS) is 37.0. The summed E-state index contributed by atoms with van der Waals surface area (Å²) in [5.41, 5.74) is 1.48. The molecule has 1 aromatic rings. The molecule has 7 unspecified atom stereocenters. The molecule has 0 bridgehead atoms. The standard InChI is InChI=1S/C27H40IN3O/c1-18-8-9-21-19(5-3-6-20(21)15-18)12-13-27(2)22(10-11-26(27)28)25(32)17-31-23-7-4-14-30-24(23)16-29/h4,7,14,16,18-22,26,29,31H,3,5-6,8-13,15,17H2,1-2H3. The number of ketones is 1. The molecule has 0 amide bonds. The fourth-order valence-electron chi connectivity index (χ4n) is 7.22. The molecule has 0 aliphatic heterocycles. The maximum absolute atomic E-state index is 13.4. The number of carbonyl (C=O) groups excluding carboxylic acids is 1. The van der Waals surface area contributed by atoms with Crippen LogP contribution in [0.1, 0.15) is 83.7 Å². The van der Waals surface area contributed by atoms with E-state index in [-0.39, 0.29) is 11.3 Å². The highest BCUT2D eigenvalue weighted by Crippen LogP contribution is 2.53. The van der Waals surface area contributed by atoms with Crippen LogP contribution in [0.25, 0.3) is 0 Å². The van der Waals surface area contributed by atoms with Crippen LogP contribution in [0, 0.1) is 40.4 Å². The minimum Gasteiger partial charge on any atom is -0.376 e. The van der Waals surface area contributed by atoms with Crippen molar-refractivity contribution in [2.24, 2.45) is 35.0 Å². The fraction of sp³-hybridized carbons (Fsp3) is 0.741. The van der Waals surface area contributed by atoms with Gasteiger partial charge in [0.05, 0.1) is 12.2 Å². The zero-order valence-corrected chi connectivity index (χ0v) is 21.9.